The molecule has 3 heteroatoms. The lowest BCUT2D eigenvalue weighted by molar-refractivity contribution is 0.972. The molecule has 1 heterocycles. The zero-order valence-corrected chi connectivity index (χ0v) is 11.0. The molecule has 0 spiro atoms. The van der Waals surface area contributed by atoms with Crippen LogP contribution in [0.15, 0.2) is 36.5 Å². The van der Waals surface area contributed by atoms with E-state index < -0.39 is 0 Å². The number of nitrogens with zero attached hydrogens (tertiary/aromatic N) is 2. The molecule has 0 bridgehead atoms. The highest BCUT2D eigenvalue weighted by atomic mass is 15.1. The van der Waals surface area contributed by atoms with Gasteiger partial charge in [-0.05, 0) is 37.0 Å². The van der Waals surface area contributed by atoms with Crippen LogP contribution >= 0.6 is 0 Å². The molecule has 2 rings (SSSR count). The van der Waals surface area contributed by atoms with Crippen LogP contribution in [0.1, 0.15) is 23.7 Å². The van der Waals surface area contributed by atoms with Crippen molar-refractivity contribution in [2.24, 2.45) is 0 Å². The van der Waals surface area contributed by atoms with Crippen LogP contribution in [-0.2, 0) is 12.8 Å². The molecule has 0 unspecified atom stereocenters. The minimum atomic E-state index is 0.708. The van der Waals surface area contributed by atoms with Crippen LogP contribution in [-0.4, -0.2) is 16.5 Å². The highest BCUT2D eigenvalue weighted by molar-refractivity contribution is 5.27. The Bertz CT molecular complexity index is 491. The Hall–Kier alpha value is -1.90. The normalized spacial score (nSPS) is 10.3. The zero-order valence-electron chi connectivity index (χ0n) is 11.0. The van der Waals surface area contributed by atoms with E-state index in [0.717, 1.165) is 25.1 Å². The molecule has 94 valence electrons. The van der Waals surface area contributed by atoms with Gasteiger partial charge in [0.1, 0.15) is 0 Å². The van der Waals surface area contributed by atoms with Crippen molar-refractivity contribution in [3.8, 4) is 0 Å². The van der Waals surface area contributed by atoms with Gasteiger partial charge in [0.15, 0.2) is 0 Å². The van der Waals surface area contributed by atoms with E-state index in [1.807, 2.05) is 13.0 Å². The lowest BCUT2D eigenvalue weighted by Crippen LogP contribution is -2.08. The van der Waals surface area contributed by atoms with Crippen LogP contribution in [0.3, 0.4) is 0 Å². The van der Waals surface area contributed by atoms with Crippen molar-refractivity contribution in [3.63, 3.8) is 0 Å². The van der Waals surface area contributed by atoms with Crippen LogP contribution in [0.2, 0.25) is 0 Å². The average Bonchev–Trinajstić information content (AvgIpc) is 2.40. The first-order valence-corrected chi connectivity index (χ1v) is 6.39. The number of hydrogen-bond donors (Lipinski definition) is 1. The summed E-state index contributed by atoms with van der Waals surface area (Å²) in [5, 5.41) is 3.24. The first-order chi connectivity index (χ1) is 8.78. The van der Waals surface area contributed by atoms with Crippen molar-refractivity contribution < 1.29 is 0 Å². The highest BCUT2D eigenvalue weighted by Crippen LogP contribution is 2.06. The Morgan fingerprint density at radius 2 is 1.78 bits per heavy atom. The number of rotatable bonds is 5. The molecule has 1 aromatic heterocycles. The molecule has 0 saturated heterocycles. The van der Waals surface area contributed by atoms with E-state index in [4.69, 9.17) is 0 Å². The monoisotopic (exact) mass is 241 g/mol. The maximum absolute atomic E-state index is 4.31. The fraction of sp³-hybridized carbons (Fsp3) is 0.333. The highest BCUT2D eigenvalue weighted by Gasteiger charge is 1.97. The van der Waals surface area contributed by atoms with Crippen LogP contribution in [0.4, 0.5) is 5.95 Å². The molecular formula is C15H19N3. The molecule has 0 atom stereocenters. The number of anilines is 1. The molecule has 0 amide bonds. The van der Waals surface area contributed by atoms with E-state index in [9.17, 15) is 0 Å². The quantitative estimate of drug-likeness (QED) is 0.874. The average molecular weight is 241 g/mol. The first kappa shape index (κ1) is 12.6. The maximum atomic E-state index is 4.31. The summed E-state index contributed by atoms with van der Waals surface area (Å²) in [6.07, 6.45) is 3.86. The predicted molar refractivity (Wildman–Crippen MR) is 74.8 cm³/mol. The summed E-state index contributed by atoms with van der Waals surface area (Å²) in [6, 6.07) is 10.7. The van der Waals surface area contributed by atoms with Crippen LogP contribution in [0.25, 0.3) is 0 Å². The van der Waals surface area contributed by atoms with Gasteiger partial charge >= 0.3 is 0 Å². The molecule has 0 aliphatic carbocycles. The van der Waals surface area contributed by atoms with E-state index in [-0.39, 0.29) is 0 Å². The van der Waals surface area contributed by atoms with Gasteiger partial charge in [0.2, 0.25) is 5.95 Å². The Labute approximate surface area is 108 Å². The minimum absolute atomic E-state index is 0.708. The minimum Gasteiger partial charge on any atom is -0.354 e. The summed E-state index contributed by atoms with van der Waals surface area (Å²) < 4.78 is 0. The number of aromatic nitrogens is 2. The summed E-state index contributed by atoms with van der Waals surface area (Å²) in [5.74, 6) is 0.708. The third-order valence-electron chi connectivity index (χ3n) is 2.92. The van der Waals surface area contributed by atoms with E-state index >= 15 is 0 Å². The van der Waals surface area contributed by atoms with Gasteiger partial charge in [-0.2, -0.15) is 0 Å². The Morgan fingerprint density at radius 3 is 2.44 bits per heavy atom. The first-order valence-electron chi connectivity index (χ1n) is 6.39. The van der Waals surface area contributed by atoms with Gasteiger partial charge in [-0.3, -0.25) is 0 Å². The molecule has 18 heavy (non-hydrogen) atoms. The number of hydrogen-bond acceptors (Lipinski definition) is 3. The van der Waals surface area contributed by atoms with Crippen LogP contribution < -0.4 is 5.32 Å². The maximum Gasteiger partial charge on any atom is 0.222 e. The molecule has 2 aromatic rings. The van der Waals surface area contributed by atoms with Gasteiger partial charge in [-0.1, -0.05) is 31.2 Å². The third kappa shape index (κ3) is 3.55. The van der Waals surface area contributed by atoms with Gasteiger partial charge < -0.3 is 5.32 Å². The van der Waals surface area contributed by atoms with Gasteiger partial charge in [-0.25, -0.2) is 9.97 Å². The van der Waals surface area contributed by atoms with Crippen LogP contribution in [0.5, 0.6) is 0 Å². The Balaban J connectivity index is 1.84. The van der Waals surface area contributed by atoms with E-state index in [1.54, 1.807) is 6.20 Å². The third-order valence-corrected chi connectivity index (χ3v) is 2.92. The Kier molecular flexibility index (Phi) is 4.29. The smallest absolute Gasteiger partial charge is 0.222 e. The van der Waals surface area contributed by atoms with Crippen molar-refractivity contribution >= 4 is 5.95 Å². The van der Waals surface area contributed by atoms with E-state index in [1.165, 1.54) is 11.1 Å². The zero-order chi connectivity index (χ0) is 12.8. The molecule has 0 saturated carbocycles. The van der Waals surface area contributed by atoms with E-state index in [0.29, 0.717) is 5.95 Å². The summed E-state index contributed by atoms with van der Waals surface area (Å²) in [7, 11) is 0. The molecule has 1 N–H and O–H groups in total. The number of benzene rings is 1. The predicted octanol–water partition coefficient (Wildman–Crippen LogP) is 3.00. The van der Waals surface area contributed by atoms with E-state index in [2.05, 4.69) is 46.5 Å². The van der Waals surface area contributed by atoms with Gasteiger partial charge in [0.25, 0.3) is 0 Å². The molecule has 1 aromatic carbocycles. The summed E-state index contributed by atoms with van der Waals surface area (Å²) in [4.78, 5) is 8.49. The molecule has 0 aliphatic heterocycles. The Morgan fingerprint density at radius 1 is 1.06 bits per heavy atom. The molecule has 3 nitrogen and oxygen atoms in total. The fourth-order valence-electron chi connectivity index (χ4n) is 1.79. The largest absolute Gasteiger partial charge is 0.354 e. The summed E-state index contributed by atoms with van der Waals surface area (Å²) >= 11 is 0. The topological polar surface area (TPSA) is 37.8 Å². The second-order valence-electron chi connectivity index (χ2n) is 4.37. The van der Waals surface area contributed by atoms with Crippen molar-refractivity contribution in [1.29, 1.82) is 0 Å². The van der Waals surface area contributed by atoms with Crippen molar-refractivity contribution in [3.05, 3.63) is 53.3 Å². The number of nitrogens with one attached hydrogen (secondary N) is 1. The molecule has 0 fully saturated rings. The SMILES string of the molecule is CCc1ccc(CCNc2nccc(C)n2)cc1. The number of aryl methyl sites for hydroxylation is 2. The fourth-order valence-corrected chi connectivity index (χ4v) is 1.79. The second-order valence-corrected chi connectivity index (χ2v) is 4.37. The second kappa shape index (κ2) is 6.15. The standard InChI is InChI=1S/C15H19N3/c1-3-13-4-6-14(7-5-13)9-11-17-15-16-10-8-12(2)18-15/h4-8,10H,3,9,11H2,1-2H3,(H,16,17,18). The van der Waals surface area contributed by atoms with Gasteiger partial charge in [-0.15, -0.1) is 0 Å². The van der Waals surface area contributed by atoms with Crippen molar-refractivity contribution in [2.45, 2.75) is 26.7 Å². The lowest BCUT2D eigenvalue weighted by Gasteiger charge is -2.05. The summed E-state index contributed by atoms with van der Waals surface area (Å²) in [5.41, 5.74) is 3.71. The van der Waals surface area contributed by atoms with Gasteiger partial charge in [0.05, 0.1) is 0 Å². The molecular weight excluding hydrogens is 222 g/mol. The van der Waals surface area contributed by atoms with Gasteiger partial charge in [0, 0.05) is 18.4 Å². The van der Waals surface area contributed by atoms with Crippen LogP contribution in [0, 0.1) is 6.92 Å². The lowest BCUT2D eigenvalue weighted by atomic mass is 10.1. The molecule has 0 aliphatic rings. The van der Waals surface area contributed by atoms with Crippen molar-refractivity contribution in [1.82, 2.24) is 9.97 Å². The summed E-state index contributed by atoms with van der Waals surface area (Å²) in [6.45, 7) is 5.00. The van der Waals surface area contributed by atoms with Crippen molar-refractivity contribution in [2.75, 3.05) is 11.9 Å². The molecule has 0 radical (unpaired) electrons.